The zero-order valence-corrected chi connectivity index (χ0v) is 16.5. The molecule has 0 spiro atoms. The Kier molecular flexibility index (Phi) is 4.36. The lowest BCUT2D eigenvalue weighted by Crippen LogP contribution is -2.36. The maximum absolute atomic E-state index is 13.3. The molecule has 4 nitrogen and oxygen atoms in total. The molecule has 2 heterocycles. The Morgan fingerprint density at radius 2 is 2.07 bits per heavy atom. The molecule has 1 N–H and O–H groups in total. The minimum absolute atomic E-state index is 0.130. The first-order chi connectivity index (χ1) is 14.0. The quantitative estimate of drug-likeness (QED) is 0.718. The first kappa shape index (κ1) is 18.3. The Labute approximate surface area is 169 Å². The van der Waals surface area contributed by atoms with Gasteiger partial charge in [-0.15, -0.1) is 0 Å². The maximum atomic E-state index is 13.3. The monoisotopic (exact) mass is 389 g/mol. The van der Waals surface area contributed by atoms with Crippen LogP contribution in [0.5, 0.6) is 0 Å². The molecule has 0 bridgehead atoms. The summed E-state index contributed by atoms with van der Waals surface area (Å²) in [5.74, 6) is -0.122. The first-order valence-electron chi connectivity index (χ1n) is 10.2. The number of nitrogens with zero attached hydrogens (tertiary/aromatic N) is 3. The number of aryl methyl sites for hydroxylation is 2. The van der Waals surface area contributed by atoms with E-state index in [0.717, 1.165) is 48.3 Å². The third-order valence-corrected chi connectivity index (χ3v) is 6.43. The van der Waals surface area contributed by atoms with Gasteiger partial charge in [0.05, 0.1) is 23.2 Å². The molecule has 2 aliphatic carbocycles. The molecular formula is C24H24FN3O. The van der Waals surface area contributed by atoms with Crippen molar-refractivity contribution in [2.45, 2.75) is 44.6 Å². The lowest BCUT2D eigenvalue weighted by atomic mass is 9.78. The number of benzene rings is 1. The van der Waals surface area contributed by atoms with Crippen LogP contribution in [0.4, 0.5) is 4.39 Å². The van der Waals surface area contributed by atoms with Crippen LogP contribution in [0.2, 0.25) is 0 Å². The minimum atomic E-state index is -0.701. The smallest absolute Gasteiger partial charge is 0.123 e. The van der Waals surface area contributed by atoms with E-state index in [2.05, 4.69) is 29.1 Å². The standard InChI is InChI=1S/C24H24FN3O/c1-16-8-11-26-20(12-16)7-10-24(29)9-6-17-14-23-18(13-22(17)24)15-27-28(23)21-4-2-19(25)3-5-21/h2-5,8,11-12,14-15,22,29H,6-7,9-10,13H2,1H3/t22?,24-/m1/s1. The van der Waals surface area contributed by atoms with Crippen molar-refractivity contribution >= 4 is 6.08 Å². The number of halogens is 1. The zero-order valence-electron chi connectivity index (χ0n) is 16.5. The number of pyridine rings is 1. The summed E-state index contributed by atoms with van der Waals surface area (Å²) < 4.78 is 15.1. The van der Waals surface area contributed by atoms with Crippen molar-refractivity contribution in [2.24, 2.45) is 5.92 Å². The highest BCUT2D eigenvalue weighted by Gasteiger charge is 2.45. The van der Waals surface area contributed by atoms with Crippen molar-refractivity contribution in [3.8, 4) is 5.69 Å². The molecule has 0 radical (unpaired) electrons. The molecule has 0 amide bonds. The van der Waals surface area contributed by atoms with Crippen LogP contribution in [0.15, 0.2) is 54.4 Å². The van der Waals surface area contributed by atoms with Gasteiger partial charge in [0.2, 0.25) is 0 Å². The molecule has 1 unspecified atom stereocenters. The van der Waals surface area contributed by atoms with Gasteiger partial charge in [-0.25, -0.2) is 9.07 Å². The summed E-state index contributed by atoms with van der Waals surface area (Å²) in [5.41, 5.74) is 5.86. The topological polar surface area (TPSA) is 50.9 Å². The fourth-order valence-electron chi connectivity index (χ4n) is 4.81. The second-order valence-corrected chi connectivity index (χ2v) is 8.35. The van der Waals surface area contributed by atoms with Gasteiger partial charge in [0, 0.05) is 17.8 Å². The Morgan fingerprint density at radius 3 is 2.86 bits per heavy atom. The fourth-order valence-corrected chi connectivity index (χ4v) is 4.81. The van der Waals surface area contributed by atoms with Gasteiger partial charge in [-0.05, 0) is 92.6 Å². The van der Waals surface area contributed by atoms with E-state index in [1.807, 2.05) is 23.1 Å². The van der Waals surface area contributed by atoms with E-state index in [1.165, 1.54) is 23.3 Å². The number of aromatic nitrogens is 3. The molecule has 5 rings (SSSR count). The number of fused-ring (bicyclic) bond motifs is 2. The van der Waals surface area contributed by atoms with Gasteiger partial charge < -0.3 is 5.11 Å². The molecule has 3 aromatic rings. The molecule has 1 aromatic carbocycles. The summed E-state index contributed by atoms with van der Waals surface area (Å²) in [5, 5.41) is 16.0. The van der Waals surface area contributed by atoms with Crippen LogP contribution in [-0.2, 0) is 12.8 Å². The summed E-state index contributed by atoms with van der Waals surface area (Å²) in [7, 11) is 0. The largest absolute Gasteiger partial charge is 0.389 e. The molecule has 1 fully saturated rings. The third kappa shape index (κ3) is 3.29. The van der Waals surface area contributed by atoms with Crippen LogP contribution in [0.1, 0.15) is 41.8 Å². The lowest BCUT2D eigenvalue weighted by molar-refractivity contribution is 0.00136. The van der Waals surface area contributed by atoms with E-state index in [0.29, 0.717) is 6.42 Å². The van der Waals surface area contributed by atoms with E-state index in [1.54, 1.807) is 12.1 Å². The van der Waals surface area contributed by atoms with Crippen molar-refractivity contribution in [2.75, 3.05) is 0 Å². The van der Waals surface area contributed by atoms with Gasteiger partial charge in [0.1, 0.15) is 5.82 Å². The molecule has 2 atom stereocenters. The SMILES string of the molecule is Cc1ccnc(CC[C@]2(O)CCC3=Cc4c(cnn4-c4ccc(F)cc4)CC32)c1. The maximum Gasteiger partial charge on any atom is 0.123 e. The van der Waals surface area contributed by atoms with Crippen LogP contribution >= 0.6 is 0 Å². The summed E-state index contributed by atoms with van der Waals surface area (Å²) >= 11 is 0. The Morgan fingerprint density at radius 1 is 1.24 bits per heavy atom. The number of aliphatic hydroxyl groups is 1. The van der Waals surface area contributed by atoms with Crippen molar-refractivity contribution in [3.05, 3.63) is 82.7 Å². The molecular weight excluding hydrogens is 365 g/mol. The van der Waals surface area contributed by atoms with Crippen molar-refractivity contribution in [1.82, 2.24) is 14.8 Å². The average Bonchev–Trinajstić information content (AvgIpc) is 3.27. The highest BCUT2D eigenvalue weighted by Crippen LogP contribution is 2.48. The normalized spacial score (nSPS) is 22.9. The lowest BCUT2D eigenvalue weighted by Gasteiger charge is -2.32. The molecule has 0 saturated heterocycles. The molecule has 1 saturated carbocycles. The summed E-state index contributed by atoms with van der Waals surface area (Å²) in [6, 6.07) is 10.5. The van der Waals surface area contributed by atoms with Crippen LogP contribution < -0.4 is 0 Å². The van der Waals surface area contributed by atoms with Crippen molar-refractivity contribution in [3.63, 3.8) is 0 Å². The Balaban J connectivity index is 1.39. The predicted molar refractivity (Wildman–Crippen MR) is 110 cm³/mol. The molecule has 2 aromatic heterocycles. The number of hydrogen-bond donors (Lipinski definition) is 1. The molecule has 0 aliphatic heterocycles. The number of rotatable bonds is 4. The molecule has 29 heavy (non-hydrogen) atoms. The van der Waals surface area contributed by atoms with E-state index < -0.39 is 5.60 Å². The van der Waals surface area contributed by atoms with E-state index in [-0.39, 0.29) is 11.7 Å². The Bertz CT molecular complexity index is 1090. The van der Waals surface area contributed by atoms with Gasteiger partial charge in [0.15, 0.2) is 0 Å². The van der Waals surface area contributed by atoms with Gasteiger partial charge in [-0.3, -0.25) is 4.98 Å². The van der Waals surface area contributed by atoms with E-state index in [4.69, 9.17) is 0 Å². The zero-order chi connectivity index (χ0) is 20.0. The fraction of sp³-hybridized carbons (Fsp3) is 0.333. The highest BCUT2D eigenvalue weighted by molar-refractivity contribution is 5.61. The molecule has 2 aliphatic rings. The van der Waals surface area contributed by atoms with Crippen LogP contribution in [-0.4, -0.2) is 25.5 Å². The predicted octanol–water partition coefficient (Wildman–Crippen LogP) is 4.43. The second kappa shape index (κ2) is 6.92. The van der Waals surface area contributed by atoms with Crippen molar-refractivity contribution < 1.29 is 9.50 Å². The Hall–Kier alpha value is -2.79. The van der Waals surface area contributed by atoms with Gasteiger partial charge in [-0.1, -0.05) is 5.57 Å². The first-order valence-corrected chi connectivity index (χ1v) is 10.2. The van der Waals surface area contributed by atoms with Crippen LogP contribution in [0.3, 0.4) is 0 Å². The summed E-state index contributed by atoms with van der Waals surface area (Å²) in [6.45, 7) is 2.07. The van der Waals surface area contributed by atoms with Gasteiger partial charge in [0.25, 0.3) is 0 Å². The minimum Gasteiger partial charge on any atom is -0.389 e. The summed E-state index contributed by atoms with van der Waals surface area (Å²) in [6.07, 6.45) is 9.87. The van der Waals surface area contributed by atoms with E-state index >= 15 is 0 Å². The van der Waals surface area contributed by atoms with E-state index in [9.17, 15) is 9.50 Å². The van der Waals surface area contributed by atoms with Gasteiger partial charge >= 0.3 is 0 Å². The van der Waals surface area contributed by atoms with Crippen molar-refractivity contribution in [1.29, 1.82) is 0 Å². The third-order valence-electron chi connectivity index (χ3n) is 6.43. The highest BCUT2D eigenvalue weighted by atomic mass is 19.1. The second-order valence-electron chi connectivity index (χ2n) is 8.35. The summed E-state index contributed by atoms with van der Waals surface area (Å²) in [4.78, 5) is 4.45. The van der Waals surface area contributed by atoms with Gasteiger partial charge in [-0.2, -0.15) is 5.10 Å². The number of hydrogen-bond acceptors (Lipinski definition) is 3. The van der Waals surface area contributed by atoms with Crippen LogP contribution in [0, 0.1) is 18.7 Å². The molecule has 148 valence electrons. The van der Waals surface area contributed by atoms with Crippen LogP contribution in [0.25, 0.3) is 11.8 Å². The average molecular weight is 389 g/mol. The molecule has 5 heteroatoms.